The van der Waals surface area contributed by atoms with Gasteiger partial charge in [0, 0.05) is 74.3 Å². The molecule has 0 bridgehead atoms. The van der Waals surface area contributed by atoms with E-state index in [-0.39, 0.29) is 11.8 Å². The van der Waals surface area contributed by atoms with Crippen molar-refractivity contribution in [2.45, 2.75) is 44.4 Å². The van der Waals surface area contributed by atoms with Crippen LogP contribution in [0, 0.1) is 6.92 Å². The molecule has 1 aliphatic heterocycles. The third-order valence-corrected chi connectivity index (χ3v) is 6.39. The van der Waals surface area contributed by atoms with Gasteiger partial charge in [0.25, 0.3) is 5.91 Å². The highest BCUT2D eigenvalue weighted by Gasteiger charge is 2.32. The molecule has 1 unspecified atom stereocenters. The molecule has 1 saturated heterocycles. The van der Waals surface area contributed by atoms with Gasteiger partial charge in [-0.05, 0) is 56.9 Å². The van der Waals surface area contributed by atoms with Crippen LogP contribution in [0.15, 0.2) is 47.0 Å². The van der Waals surface area contributed by atoms with E-state index in [1.165, 1.54) is 0 Å². The Kier molecular flexibility index (Phi) is 5.79. The zero-order valence-electron chi connectivity index (χ0n) is 19.5. The van der Waals surface area contributed by atoms with Crippen molar-refractivity contribution in [1.82, 2.24) is 15.0 Å². The number of anilines is 1. The second kappa shape index (κ2) is 8.89. The lowest BCUT2D eigenvalue weighted by Crippen LogP contribution is -2.39. The largest absolute Gasteiger partial charge is 0.457 e. The first-order valence-electron chi connectivity index (χ1n) is 11.7. The van der Waals surface area contributed by atoms with Crippen LogP contribution < -0.4 is 9.64 Å². The number of carbonyl (C=O) groups is 1. The quantitative estimate of drug-likeness (QED) is 0.523. The first-order chi connectivity index (χ1) is 16.0. The number of rotatable bonds is 6. The lowest BCUT2D eigenvalue weighted by Gasteiger charge is -2.32. The highest BCUT2D eigenvalue weighted by molar-refractivity contribution is 5.92. The Morgan fingerprint density at radius 3 is 2.58 bits per heavy atom. The molecule has 2 fully saturated rings. The van der Waals surface area contributed by atoms with Crippen molar-refractivity contribution < 1.29 is 14.1 Å². The van der Waals surface area contributed by atoms with E-state index in [1.807, 2.05) is 68.4 Å². The minimum absolute atomic E-state index is 0.0551. The van der Waals surface area contributed by atoms with E-state index in [4.69, 9.17) is 14.2 Å². The zero-order chi connectivity index (χ0) is 22.9. The fraction of sp³-hybridized carbons (Fsp3) is 0.423. The predicted molar refractivity (Wildman–Crippen MR) is 126 cm³/mol. The number of pyridine rings is 1. The summed E-state index contributed by atoms with van der Waals surface area (Å²) in [6, 6.07) is 13.8. The van der Waals surface area contributed by atoms with E-state index in [0.29, 0.717) is 18.2 Å². The molecule has 7 nitrogen and oxygen atoms in total. The van der Waals surface area contributed by atoms with E-state index in [9.17, 15) is 4.79 Å². The SMILES string of the molecule is Cc1cc(Oc2ccc(N(C)C)cc2)cc(C2CCCN(C(=O)c3cc(C4CC4)on3)C2)n1. The summed E-state index contributed by atoms with van der Waals surface area (Å²) in [4.78, 5) is 21.8. The van der Waals surface area contributed by atoms with Crippen molar-refractivity contribution in [3.63, 3.8) is 0 Å². The molecule has 5 rings (SSSR count). The highest BCUT2D eigenvalue weighted by atomic mass is 16.5. The zero-order valence-corrected chi connectivity index (χ0v) is 19.5. The number of piperidine rings is 1. The van der Waals surface area contributed by atoms with E-state index in [0.717, 1.165) is 66.6 Å². The van der Waals surface area contributed by atoms with E-state index >= 15 is 0 Å². The first-order valence-corrected chi connectivity index (χ1v) is 11.7. The minimum atomic E-state index is -0.0551. The molecule has 172 valence electrons. The third-order valence-electron chi connectivity index (χ3n) is 6.39. The maximum absolute atomic E-state index is 13.0. The van der Waals surface area contributed by atoms with E-state index < -0.39 is 0 Å². The van der Waals surface area contributed by atoms with Gasteiger partial charge in [0.15, 0.2) is 5.69 Å². The molecule has 7 heteroatoms. The third kappa shape index (κ3) is 4.87. The van der Waals surface area contributed by atoms with Crippen LogP contribution in [-0.4, -0.2) is 48.1 Å². The molecule has 1 saturated carbocycles. The topological polar surface area (TPSA) is 71.7 Å². The summed E-state index contributed by atoms with van der Waals surface area (Å²) in [7, 11) is 4.03. The van der Waals surface area contributed by atoms with Gasteiger partial charge >= 0.3 is 0 Å². The number of likely N-dealkylation sites (tertiary alicyclic amines) is 1. The lowest BCUT2D eigenvalue weighted by atomic mass is 9.93. The molecule has 1 aromatic carbocycles. The standard InChI is InChI=1S/C26H30N4O3/c1-17-13-22(32-21-10-8-20(9-11-21)29(2)3)14-23(27-17)19-5-4-12-30(16-19)26(31)24-15-25(33-28-24)18-6-7-18/h8-11,13-15,18-19H,4-7,12,16H2,1-3H3. The number of aromatic nitrogens is 2. The van der Waals surface area contributed by atoms with Gasteiger partial charge in [-0.25, -0.2) is 0 Å². The van der Waals surface area contributed by atoms with Gasteiger partial charge in [-0.3, -0.25) is 9.78 Å². The van der Waals surface area contributed by atoms with Crippen molar-refractivity contribution in [3.05, 3.63) is 65.3 Å². The molecule has 0 spiro atoms. The number of carbonyl (C=O) groups excluding carboxylic acids is 1. The Hall–Kier alpha value is -3.35. The molecule has 2 aliphatic rings. The van der Waals surface area contributed by atoms with Crippen LogP contribution in [0.4, 0.5) is 5.69 Å². The summed E-state index contributed by atoms with van der Waals surface area (Å²) >= 11 is 0. The molecule has 3 aromatic rings. The first kappa shape index (κ1) is 21.5. The van der Waals surface area contributed by atoms with Gasteiger partial charge in [0.05, 0.1) is 0 Å². The van der Waals surface area contributed by atoms with Crippen LogP contribution in [0.2, 0.25) is 0 Å². The fourth-order valence-corrected chi connectivity index (χ4v) is 4.39. The molecule has 2 aromatic heterocycles. The van der Waals surface area contributed by atoms with Crippen LogP contribution in [0.3, 0.4) is 0 Å². The molecule has 1 aliphatic carbocycles. The summed E-state index contributed by atoms with van der Waals surface area (Å²) < 4.78 is 11.5. The summed E-state index contributed by atoms with van der Waals surface area (Å²) in [6.45, 7) is 3.33. The van der Waals surface area contributed by atoms with Crippen LogP contribution in [-0.2, 0) is 0 Å². The molecule has 3 heterocycles. The van der Waals surface area contributed by atoms with Crippen molar-refractivity contribution >= 4 is 11.6 Å². The monoisotopic (exact) mass is 446 g/mol. The maximum atomic E-state index is 13.0. The smallest absolute Gasteiger partial charge is 0.276 e. The van der Waals surface area contributed by atoms with Crippen LogP contribution in [0.5, 0.6) is 11.5 Å². The fourth-order valence-electron chi connectivity index (χ4n) is 4.39. The lowest BCUT2D eigenvalue weighted by molar-refractivity contribution is 0.0695. The Morgan fingerprint density at radius 2 is 1.85 bits per heavy atom. The van der Waals surface area contributed by atoms with Crippen molar-refractivity contribution in [2.24, 2.45) is 0 Å². The van der Waals surface area contributed by atoms with Gasteiger partial charge in [-0.2, -0.15) is 0 Å². The number of ether oxygens (including phenoxy) is 1. The molecule has 33 heavy (non-hydrogen) atoms. The van der Waals surface area contributed by atoms with Gasteiger partial charge in [0.2, 0.25) is 0 Å². The Labute approximate surface area is 194 Å². The molecular weight excluding hydrogens is 416 g/mol. The number of amides is 1. The number of hydrogen-bond acceptors (Lipinski definition) is 6. The van der Waals surface area contributed by atoms with Gasteiger partial charge in [-0.15, -0.1) is 0 Å². The summed E-state index contributed by atoms with van der Waals surface area (Å²) in [5, 5.41) is 4.04. The van der Waals surface area contributed by atoms with E-state index in [1.54, 1.807) is 0 Å². The predicted octanol–water partition coefficient (Wildman–Crippen LogP) is 5.13. The van der Waals surface area contributed by atoms with Crippen LogP contribution in [0.1, 0.15) is 65.2 Å². The molecule has 0 radical (unpaired) electrons. The minimum Gasteiger partial charge on any atom is -0.457 e. The number of aryl methyl sites for hydroxylation is 1. The normalized spacial score (nSPS) is 18.3. The Bertz CT molecular complexity index is 1130. The average molecular weight is 447 g/mol. The Morgan fingerprint density at radius 1 is 1.06 bits per heavy atom. The van der Waals surface area contributed by atoms with Crippen molar-refractivity contribution in [3.8, 4) is 11.5 Å². The summed E-state index contributed by atoms with van der Waals surface area (Å²) in [5.74, 6) is 2.95. The molecule has 0 N–H and O–H groups in total. The molecule has 1 amide bonds. The second-order valence-corrected chi connectivity index (χ2v) is 9.34. The highest BCUT2D eigenvalue weighted by Crippen LogP contribution is 2.40. The number of hydrogen-bond donors (Lipinski definition) is 0. The second-order valence-electron chi connectivity index (χ2n) is 9.34. The number of nitrogens with zero attached hydrogens (tertiary/aromatic N) is 4. The van der Waals surface area contributed by atoms with Gasteiger partial charge in [0.1, 0.15) is 17.3 Å². The van der Waals surface area contributed by atoms with Crippen LogP contribution in [0.25, 0.3) is 0 Å². The molecular formula is C26H30N4O3. The van der Waals surface area contributed by atoms with Crippen molar-refractivity contribution in [2.75, 3.05) is 32.1 Å². The maximum Gasteiger partial charge on any atom is 0.276 e. The van der Waals surface area contributed by atoms with Crippen LogP contribution >= 0.6 is 0 Å². The number of benzene rings is 1. The van der Waals surface area contributed by atoms with Crippen molar-refractivity contribution in [1.29, 1.82) is 0 Å². The van der Waals surface area contributed by atoms with Gasteiger partial charge in [-0.1, -0.05) is 5.16 Å². The summed E-state index contributed by atoms with van der Waals surface area (Å²) in [6.07, 6.45) is 4.17. The Balaban J connectivity index is 1.29. The molecule has 1 atom stereocenters. The van der Waals surface area contributed by atoms with E-state index in [2.05, 4.69) is 10.1 Å². The average Bonchev–Trinajstić information content (AvgIpc) is 3.55. The summed E-state index contributed by atoms with van der Waals surface area (Å²) in [5.41, 5.74) is 3.41. The van der Waals surface area contributed by atoms with Gasteiger partial charge < -0.3 is 19.1 Å².